The van der Waals surface area contributed by atoms with Crippen molar-refractivity contribution >= 4 is 40.1 Å². The summed E-state index contributed by atoms with van der Waals surface area (Å²) in [6.45, 7) is 0. The van der Waals surface area contributed by atoms with E-state index in [0.29, 0.717) is 33.6 Å². The summed E-state index contributed by atoms with van der Waals surface area (Å²) in [6, 6.07) is 24.5. The minimum Gasteiger partial charge on any atom is -0.341 e. The number of H-pyrrole nitrogens is 1. The van der Waals surface area contributed by atoms with Crippen molar-refractivity contribution in [3.05, 3.63) is 131 Å². The highest BCUT2D eigenvalue weighted by Gasteiger charge is 2.24. The number of anilines is 1. The van der Waals surface area contributed by atoms with Crippen molar-refractivity contribution in [2.45, 2.75) is 6.42 Å². The fourth-order valence-corrected chi connectivity index (χ4v) is 3.98. The Morgan fingerprint density at radius 3 is 2.05 bits per heavy atom. The number of allylic oxidation sites excluding steroid dienone is 4. The van der Waals surface area contributed by atoms with Gasteiger partial charge in [-0.3, -0.25) is 19.2 Å². The van der Waals surface area contributed by atoms with Crippen LogP contribution < -0.4 is 5.32 Å². The van der Waals surface area contributed by atoms with E-state index in [1.165, 1.54) is 18.3 Å². The van der Waals surface area contributed by atoms with Crippen LogP contribution in [-0.4, -0.2) is 33.2 Å². The van der Waals surface area contributed by atoms with Crippen LogP contribution in [0.25, 0.3) is 11.1 Å². The molecule has 5 rings (SSSR count). The van der Waals surface area contributed by atoms with Crippen LogP contribution in [0.5, 0.6) is 0 Å². The lowest BCUT2D eigenvalue weighted by Crippen LogP contribution is -2.13. The van der Waals surface area contributed by atoms with E-state index >= 15 is 0 Å². The molecule has 1 amide bonds. The summed E-state index contributed by atoms with van der Waals surface area (Å²) in [5.41, 5.74) is 3.25. The maximum Gasteiger partial charge on any atom is 0.255 e. The number of carbonyl (C=O) groups excluding carboxylic acids is 4. The first-order chi connectivity index (χ1) is 18.0. The van der Waals surface area contributed by atoms with Gasteiger partial charge in [0, 0.05) is 40.4 Å². The molecular formula is C30H21N3O4. The zero-order valence-corrected chi connectivity index (χ0v) is 19.6. The van der Waals surface area contributed by atoms with E-state index in [9.17, 15) is 19.2 Å². The van der Waals surface area contributed by atoms with Crippen molar-refractivity contribution in [1.29, 1.82) is 0 Å². The first-order valence-corrected chi connectivity index (χ1v) is 11.6. The predicted octanol–water partition coefficient (Wildman–Crippen LogP) is 4.71. The van der Waals surface area contributed by atoms with Crippen molar-refractivity contribution in [1.82, 2.24) is 9.97 Å². The van der Waals surface area contributed by atoms with Gasteiger partial charge in [-0.15, -0.1) is 0 Å². The predicted molar refractivity (Wildman–Crippen MR) is 140 cm³/mol. The molecule has 7 nitrogen and oxygen atoms in total. The van der Waals surface area contributed by atoms with Gasteiger partial charge in [0.1, 0.15) is 5.82 Å². The Kier molecular flexibility index (Phi) is 6.50. The number of benzene rings is 3. The van der Waals surface area contributed by atoms with Crippen LogP contribution in [0.3, 0.4) is 0 Å². The van der Waals surface area contributed by atoms with Gasteiger partial charge in [-0.05, 0) is 48.0 Å². The minimum absolute atomic E-state index is 0.0310. The lowest BCUT2D eigenvalue weighted by Gasteiger charge is -2.11. The second-order valence-corrected chi connectivity index (χ2v) is 8.47. The number of aromatic nitrogens is 2. The third kappa shape index (κ3) is 5.26. The van der Waals surface area contributed by atoms with Gasteiger partial charge >= 0.3 is 0 Å². The average molecular weight is 488 g/mol. The zero-order valence-electron chi connectivity index (χ0n) is 19.6. The largest absolute Gasteiger partial charge is 0.341 e. The van der Waals surface area contributed by atoms with E-state index in [0.717, 1.165) is 0 Å². The van der Waals surface area contributed by atoms with Gasteiger partial charge in [-0.1, -0.05) is 48.5 Å². The third-order valence-corrected chi connectivity index (χ3v) is 5.90. The van der Waals surface area contributed by atoms with Crippen LogP contribution in [0.4, 0.5) is 5.69 Å². The molecule has 0 saturated carbocycles. The van der Waals surface area contributed by atoms with Gasteiger partial charge in [0.15, 0.2) is 17.3 Å². The average Bonchev–Trinajstić information content (AvgIpc) is 3.39. The van der Waals surface area contributed by atoms with Gasteiger partial charge in [-0.2, -0.15) is 0 Å². The first kappa shape index (κ1) is 23.6. The van der Waals surface area contributed by atoms with Crippen molar-refractivity contribution in [3.63, 3.8) is 0 Å². The Morgan fingerprint density at radius 2 is 1.35 bits per heavy atom. The number of amides is 1. The summed E-state index contributed by atoms with van der Waals surface area (Å²) in [4.78, 5) is 57.7. The van der Waals surface area contributed by atoms with Crippen molar-refractivity contribution in [2.75, 3.05) is 5.32 Å². The summed E-state index contributed by atoms with van der Waals surface area (Å²) in [6.07, 6.45) is 4.11. The highest BCUT2D eigenvalue weighted by atomic mass is 16.2. The second-order valence-electron chi connectivity index (χ2n) is 8.47. The quantitative estimate of drug-likeness (QED) is 0.290. The first-order valence-electron chi connectivity index (χ1n) is 11.6. The Balaban J connectivity index is 1.24. The summed E-state index contributed by atoms with van der Waals surface area (Å²) in [5, 5.41) is 2.80. The minimum atomic E-state index is -0.334. The summed E-state index contributed by atoms with van der Waals surface area (Å²) >= 11 is 0. The van der Waals surface area contributed by atoms with Gasteiger partial charge in [0.05, 0.1) is 12.0 Å². The lowest BCUT2D eigenvalue weighted by atomic mass is 9.92. The van der Waals surface area contributed by atoms with E-state index in [-0.39, 0.29) is 41.1 Å². The number of carbonyl (C=O) groups is 4. The lowest BCUT2D eigenvalue weighted by molar-refractivity contribution is -0.112. The monoisotopic (exact) mass is 487 g/mol. The van der Waals surface area contributed by atoms with Crippen LogP contribution in [0.1, 0.15) is 37.8 Å². The maximum atomic E-state index is 12.8. The molecule has 1 aliphatic carbocycles. The van der Waals surface area contributed by atoms with Crippen molar-refractivity contribution in [3.8, 4) is 0 Å². The van der Waals surface area contributed by atoms with Gasteiger partial charge < -0.3 is 10.3 Å². The molecule has 1 aromatic heterocycles. The van der Waals surface area contributed by atoms with E-state index in [1.54, 1.807) is 72.8 Å². The van der Waals surface area contributed by atoms with Gasteiger partial charge in [0.25, 0.3) is 5.91 Å². The third-order valence-electron chi connectivity index (χ3n) is 5.90. The molecule has 0 unspecified atom stereocenters. The summed E-state index contributed by atoms with van der Waals surface area (Å²) in [5.74, 6) is -0.778. The molecule has 3 aromatic carbocycles. The number of nitrogens with zero attached hydrogens (tertiary/aromatic N) is 1. The number of hydrogen-bond donors (Lipinski definition) is 2. The molecule has 0 bridgehead atoms. The normalized spacial score (nSPS) is 13.1. The molecule has 0 saturated heterocycles. The van der Waals surface area contributed by atoms with Crippen LogP contribution in [0, 0.1) is 0 Å². The molecule has 7 heteroatoms. The van der Waals surface area contributed by atoms with E-state index in [2.05, 4.69) is 15.3 Å². The van der Waals surface area contributed by atoms with E-state index in [1.807, 2.05) is 12.1 Å². The number of ketones is 3. The zero-order chi connectivity index (χ0) is 25.8. The highest BCUT2D eigenvalue weighted by molar-refractivity contribution is 6.43. The standard InChI is InChI=1S/C30H21N3O4/c34-26(20-11-13-22(14-12-20)33-30(37)21-9-5-2-6-10-21)15-23-18-31-29(32-23)25-17-27(35)24(16-28(25)36)19-7-3-1-4-8-19/h1-14,16-18H,15H2,(H,31,32)(H,33,37). The SMILES string of the molecule is O=C1C=C(c2ncc(CC(=O)c3ccc(NC(=O)c4ccccc4)cc3)[nH]2)C(=O)C=C1c1ccccc1. The van der Waals surface area contributed by atoms with Gasteiger partial charge in [0.2, 0.25) is 0 Å². The fourth-order valence-electron chi connectivity index (χ4n) is 3.98. The van der Waals surface area contributed by atoms with E-state index < -0.39 is 0 Å². The Hall–Kier alpha value is -5.17. The molecule has 0 spiro atoms. The molecule has 0 fully saturated rings. The summed E-state index contributed by atoms with van der Waals surface area (Å²) in [7, 11) is 0. The Morgan fingerprint density at radius 1 is 0.730 bits per heavy atom. The number of rotatable bonds is 7. The van der Waals surface area contributed by atoms with Crippen LogP contribution in [-0.2, 0) is 16.0 Å². The fraction of sp³-hybridized carbons (Fsp3) is 0.0333. The van der Waals surface area contributed by atoms with E-state index in [4.69, 9.17) is 0 Å². The Bertz CT molecular complexity index is 1560. The molecule has 4 aromatic rings. The van der Waals surface area contributed by atoms with Crippen molar-refractivity contribution in [2.24, 2.45) is 0 Å². The van der Waals surface area contributed by atoms with Crippen molar-refractivity contribution < 1.29 is 19.2 Å². The molecule has 0 aliphatic heterocycles. The summed E-state index contributed by atoms with van der Waals surface area (Å²) < 4.78 is 0. The maximum absolute atomic E-state index is 12.8. The molecule has 180 valence electrons. The Labute approximate surface area is 212 Å². The van der Waals surface area contributed by atoms with Crippen LogP contribution in [0.15, 0.2) is 103 Å². The molecular weight excluding hydrogens is 466 g/mol. The molecule has 1 heterocycles. The molecule has 0 radical (unpaired) electrons. The molecule has 0 atom stereocenters. The number of imidazole rings is 1. The smallest absolute Gasteiger partial charge is 0.255 e. The molecule has 1 aliphatic rings. The van der Waals surface area contributed by atoms with Crippen LogP contribution in [0.2, 0.25) is 0 Å². The highest BCUT2D eigenvalue weighted by Crippen LogP contribution is 2.25. The second kappa shape index (κ2) is 10.2. The number of nitrogens with one attached hydrogen (secondary N) is 2. The number of aromatic amines is 1. The molecule has 37 heavy (non-hydrogen) atoms. The van der Waals surface area contributed by atoms with Gasteiger partial charge in [-0.25, -0.2) is 4.98 Å². The number of Topliss-reactive ketones (excluding diaryl/α,β-unsaturated/α-hetero) is 1. The number of hydrogen-bond acceptors (Lipinski definition) is 5. The van der Waals surface area contributed by atoms with Crippen LogP contribution >= 0.6 is 0 Å². The molecule has 2 N–H and O–H groups in total. The topological polar surface area (TPSA) is 109 Å².